The molecule has 1 fully saturated rings. The SMILES string of the molecule is CC(C)(CNC(=O)NCc1ccc(N2CCCCCC2)nc1)C(N)=O. The van der Waals surface area contributed by atoms with Gasteiger partial charge in [-0.25, -0.2) is 9.78 Å². The van der Waals surface area contributed by atoms with E-state index in [1.807, 2.05) is 12.1 Å². The number of amides is 3. The molecular weight excluding hydrogens is 318 g/mol. The summed E-state index contributed by atoms with van der Waals surface area (Å²) in [6.45, 7) is 6.09. The third-order valence-corrected chi connectivity index (χ3v) is 4.55. The van der Waals surface area contributed by atoms with Gasteiger partial charge in [-0.15, -0.1) is 0 Å². The molecule has 0 aliphatic carbocycles. The molecule has 1 aromatic rings. The molecule has 0 atom stereocenters. The largest absolute Gasteiger partial charge is 0.369 e. The van der Waals surface area contributed by atoms with Crippen molar-refractivity contribution in [2.24, 2.45) is 11.1 Å². The van der Waals surface area contributed by atoms with Gasteiger partial charge in [-0.1, -0.05) is 18.9 Å². The van der Waals surface area contributed by atoms with Crippen molar-refractivity contribution in [3.05, 3.63) is 23.9 Å². The Kier molecular flexibility index (Phi) is 6.61. The summed E-state index contributed by atoms with van der Waals surface area (Å²) >= 11 is 0. The number of urea groups is 1. The van der Waals surface area contributed by atoms with E-state index in [1.165, 1.54) is 25.7 Å². The van der Waals surface area contributed by atoms with Crippen molar-refractivity contribution in [1.82, 2.24) is 15.6 Å². The number of nitrogens with two attached hydrogens (primary N) is 1. The third-order valence-electron chi connectivity index (χ3n) is 4.55. The quantitative estimate of drug-likeness (QED) is 0.730. The highest BCUT2D eigenvalue weighted by molar-refractivity contribution is 5.81. The second-order valence-electron chi connectivity index (χ2n) is 7.21. The minimum absolute atomic E-state index is 0.195. The molecule has 0 unspecified atom stereocenters. The van der Waals surface area contributed by atoms with E-state index in [-0.39, 0.29) is 12.6 Å². The van der Waals surface area contributed by atoms with Gasteiger partial charge in [0.25, 0.3) is 0 Å². The lowest BCUT2D eigenvalue weighted by Gasteiger charge is -2.21. The molecule has 4 N–H and O–H groups in total. The van der Waals surface area contributed by atoms with E-state index in [0.29, 0.717) is 6.54 Å². The van der Waals surface area contributed by atoms with Crippen LogP contribution in [0.3, 0.4) is 0 Å². The maximum atomic E-state index is 11.8. The summed E-state index contributed by atoms with van der Waals surface area (Å²) < 4.78 is 0. The fourth-order valence-corrected chi connectivity index (χ4v) is 2.64. The molecule has 1 aromatic heterocycles. The molecule has 2 heterocycles. The van der Waals surface area contributed by atoms with Crippen LogP contribution in [0, 0.1) is 5.41 Å². The van der Waals surface area contributed by atoms with Crippen molar-refractivity contribution < 1.29 is 9.59 Å². The van der Waals surface area contributed by atoms with Gasteiger partial charge < -0.3 is 21.3 Å². The highest BCUT2D eigenvalue weighted by atomic mass is 16.2. The summed E-state index contributed by atoms with van der Waals surface area (Å²) in [5, 5.41) is 5.43. The Bertz CT molecular complexity index is 578. The number of primary amides is 1. The van der Waals surface area contributed by atoms with Crippen LogP contribution in [-0.4, -0.2) is 36.6 Å². The fourth-order valence-electron chi connectivity index (χ4n) is 2.64. The van der Waals surface area contributed by atoms with Gasteiger partial charge in [-0.3, -0.25) is 4.79 Å². The maximum Gasteiger partial charge on any atom is 0.315 e. The van der Waals surface area contributed by atoms with Crippen LogP contribution in [0.2, 0.25) is 0 Å². The monoisotopic (exact) mass is 347 g/mol. The van der Waals surface area contributed by atoms with Crippen molar-refractivity contribution >= 4 is 17.8 Å². The first-order valence-corrected chi connectivity index (χ1v) is 8.90. The van der Waals surface area contributed by atoms with Crippen LogP contribution in [0.1, 0.15) is 45.1 Å². The summed E-state index contributed by atoms with van der Waals surface area (Å²) in [6.07, 6.45) is 6.81. The van der Waals surface area contributed by atoms with Crippen LogP contribution in [-0.2, 0) is 11.3 Å². The first-order chi connectivity index (χ1) is 11.9. The van der Waals surface area contributed by atoms with Crippen LogP contribution >= 0.6 is 0 Å². The summed E-state index contributed by atoms with van der Waals surface area (Å²) in [6, 6.07) is 3.67. The molecule has 138 valence electrons. The summed E-state index contributed by atoms with van der Waals surface area (Å²) in [5.74, 6) is 0.555. The Morgan fingerprint density at radius 3 is 2.40 bits per heavy atom. The second kappa shape index (κ2) is 8.69. The van der Waals surface area contributed by atoms with Gasteiger partial charge in [0.2, 0.25) is 5.91 Å². The minimum atomic E-state index is -0.770. The van der Waals surface area contributed by atoms with Crippen LogP contribution in [0.15, 0.2) is 18.3 Å². The summed E-state index contributed by atoms with van der Waals surface area (Å²) in [5.41, 5.74) is 5.45. The first kappa shape index (κ1) is 19.0. The molecule has 1 aliphatic rings. The van der Waals surface area contributed by atoms with E-state index in [0.717, 1.165) is 24.5 Å². The molecule has 0 radical (unpaired) electrons. The Balaban J connectivity index is 1.79. The zero-order valence-electron chi connectivity index (χ0n) is 15.2. The topological polar surface area (TPSA) is 100 Å². The van der Waals surface area contributed by atoms with Crippen molar-refractivity contribution in [3.8, 4) is 0 Å². The molecule has 1 saturated heterocycles. The van der Waals surface area contributed by atoms with E-state index in [9.17, 15) is 9.59 Å². The predicted octanol–water partition coefficient (Wildman–Crippen LogP) is 1.77. The molecule has 1 aliphatic heterocycles. The number of pyridine rings is 1. The zero-order chi connectivity index (χ0) is 18.3. The standard InChI is InChI=1S/C18H29N5O2/c1-18(2,16(19)24)13-22-17(25)21-12-14-7-8-15(20-11-14)23-9-5-3-4-6-10-23/h7-8,11H,3-6,9-10,12-13H2,1-2H3,(H2,19,24)(H2,21,22,25). The number of hydrogen-bond acceptors (Lipinski definition) is 4. The lowest BCUT2D eigenvalue weighted by atomic mass is 9.93. The van der Waals surface area contributed by atoms with Crippen LogP contribution in [0.4, 0.5) is 10.6 Å². The molecule has 2 rings (SSSR count). The fraction of sp³-hybridized carbons (Fsp3) is 0.611. The lowest BCUT2D eigenvalue weighted by molar-refractivity contribution is -0.125. The lowest BCUT2D eigenvalue weighted by Crippen LogP contribution is -2.45. The van der Waals surface area contributed by atoms with Gasteiger partial charge in [0.15, 0.2) is 0 Å². The van der Waals surface area contributed by atoms with Crippen molar-refractivity contribution in [1.29, 1.82) is 0 Å². The normalized spacial score (nSPS) is 15.4. The summed E-state index contributed by atoms with van der Waals surface area (Å²) in [7, 11) is 0. The molecule has 3 amide bonds. The van der Waals surface area contributed by atoms with Crippen LogP contribution in [0.25, 0.3) is 0 Å². The number of carbonyl (C=O) groups excluding carboxylic acids is 2. The van der Waals surface area contributed by atoms with Gasteiger partial charge >= 0.3 is 6.03 Å². The van der Waals surface area contributed by atoms with Crippen LogP contribution < -0.4 is 21.3 Å². The number of carbonyl (C=O) groups is 2. The average Bonchev–Trinajstić information content (AvgIpc) is 2.88. The second-order valence-corrected chi connectivity index (χ2v) is 7.21. The minimum Gasteiger partial charge on any atom is -0.369 e. The number of hydrogen-bond donors (Lipinski definition) is 3. The first-order valence-electron chi connectivity index (χ1n) is 8.90. The molecule has 0 aromatic carbocycles. The number of nitrogens with zero attached hydrogens (tertiary/aromatic N) is 2. The van der Waals surface area contributed by atoms with Crippen molar-refractivity contribution in [2.75, 3.05) is 24.5 Å². The smallest absolute Gasteiger partial charge is 0.315 e. The third kappa shape index (κ3) is 5.92. The van der Waals surface area contributed by atoms with Gasteiger partial charge in [0, 0.05) is 32.4 Å². The van der Waals surface area contributed by atoms with Crippen molar-refractivity contribution in [2.45, 2.75) is 46.1 Å². The van der Waals surface area contributed by atoms with Gasteiger partial charge in [0.05, 0.1) is 5.41 Å². The number of rotatable bonds is 6. The molecule has 25 heavy (non-hydrogen) atoms. The van der Waals surface area contributed by atoms with Gasteiger partial charge in [-0.05, 0) is 38.3 Å². The van der Waals surface area contributed by atoms with Crippen molar-refractivity contribution in [3.63, 3.8) is 0 Å². The molecule has 0 spiro atoms. The Labute approximate surface area is 149 Å². The van der Waals surface area contributed by atoms with E-state index in [4.69, 9.17) is 5.73 Å². The highest BCUT2D eigenvalue weighted by Gasteiger charge is 2.25. The van der Waals surface area contributed by atoms with E-state index >= 15 is 0 Å². The molecule has 7 nitrogen and oxygen atoms in total. The number of anilines is 1. The highest BCUT2D eigenvalue weighted by Crippen LogP contribution is 2.17. The summed E-state index contributed by atoms with van der Waals surface area (Å²) in [4.78, 5) is 29.9. The van der Waals surface area contributed by atoms with Gasteiger partial charge in [0.1, 0.15) is 5.82 Å². The predicted molar refractivity (Wildman–Crippen MR) is 98.1 cm³/mol. The van der Waals surface area contributed by atoms with Crippen LogP contribution in [0.5, 0.6) is 0 Å². The maximum absolute atomic E-state index is 11.8. The number of nitrogens with one attached hydrogen (secondary N) is 2. The average molecular weight is 347 g/mol. The van der Waals surface area contributed by atoms with E-state index < -0.39 is 11.3 Å². The Hall–Kier alpha value is -2.31. The Morgan fingerprint density at radius 2 is 1.84 bits per heavy atom. The van der Waals surface area contributed by atoms with E-state index in [2.05, 4.69) is 20.5 Å². The van der Waals surface area contributed by atoms with E-state index in [1.54, 1.807) is 20.0 Å². The zero-order valence-corrected chi connectivity index (χ0v) is 15.2. The Morgan fingerprint density at radius 1 is 1.16 bits per heavy atom. The van der Waals surface area contributed by atoms with Gasteiger partial charge in [-0.2, -0.15) is 0 Å². The molecule has 7 heteroatoms. The molecular formula is C18H29N5O2. The molecule has 0 saturated carbocycles. The number of aromatic nitrogens is 1. The molecule has 0 bridgehead atoms.